The molecule has 17 heavy (non-hydrogen) atoms. The molecule has 2 aliphatic rings. The normalized spacial score (nSPS) is 21.8. The minimum Gasteiger partial charge on any atom is -0.386 e. The number of nitriles is 1. The van der Waals surface area contributed by atoms with E-state index in [2.05, 4.69) is 11.0 Å². The van der Waals surface area contributed by atoms with Crippen LogP contribution >= 0.6 is 0 Å². The van der Waals surface area contributed by atoms with E-state index in [1.807, 2.05) is 25.1 Å². The van der Waals surface area contributed by atoms with Gasteiger partial charge in [-0.3, -0.25) is 0 Å². The van der Waals surface area contributed by atoms with Crippen LogP contribution in [0.3, 0.4) is 0 Å². The van der Waals surface area contributed by atoms with Crippen molar-refractivity contribution in [2.75, 3.05) is 18.0 Å². The predicted molar refractivity (Wildman–Crippen MR) is 65.8 cm³/mol. The van der Waals surface area contributed by atoms with Gasteiger partial charge in [0.15, 0.2) is 0 Å². The zero-order chi connectivity index (χ0) is 12.0. The average molecular weight is 228 g/mol. The number of benzene rings is 1. The van der Waals surface area contributed by atoms with Gasteiger partial charge in [0.05, 0.1) is 11.3 Å². The van der Waals surface area contributed by atoms with Crippen molar-refractivity contribution in [2.45, 2.75) is 25.4 Å². The number of hydrogen-bond donors (Lipinski definition) is 1. The fourth-order valence-corrected chi connectivity index (χ4v) is 2.66. The van der Waals surface area contributed by atoms with Crippen LogP contribution in [0.15, 0.2) is 18.2 Å². The topological polar surface area (TPSA) is 47.3 Å². The molecule has 3 heteroatoms. The summed E-state index contributed by atoms with van der Waals surface area (Å²) < 4.78 is 0. The maximum Gasteiger partial charge on any atom is 0.102 e. The summed E-state index contributed by atoms with van der Waals surface area (Å²) in [6, 6.07) is 8.07. The standard InChI is InChI=1S/C14H16N2O/c1-10-2-3-11(7-15)13(6-10)16-8-14(17,9-16)12-4-5-12/h2-3,6,12,17H,4-5,8-9H2,1H3. The fourth-order valence-electron chi connectivity index (χ4n) is 2.66. The molecule has 1 N–H and O–H groups in total. The van der Waals surface area contributed by atoms with Crippen molar-refractivity contribution in [3.63, 3.8) is 0 Å². The molecule has 2 fully saturated rings. The van der Waals surface area contributed by atoms with Crippen molar-refractivity contribution in [1.82, 2.24) is 0 Å². The first-order valence-corrected chi connectivity index (χ1v) is 6.10. The first-order chi connectivity index (χ1) is 8.12. The monoisotopic (exact) mass is 228 g/mol. The Hall–Kier alpha value is -1.53. The van der Waals surface area contributed by atoms with Crippen LogP contribution in [0.25, 0.3) is 0 Å². The van der Waals surface area contributed by atoms with E-state index in [1.54, 1.807) is 0 Å². The van der Waals surface area contributed by atoms with E-state index in [4.69, 9.17) is 5.26 Å². The van der Waals surface area contributed by atoms with E-state index in [9.17, 15) is 5.11 Å². The van der Waals surface area contributed by atoms with E-state index in [1.165, 1.54) is 0 Å². The first-order valence-electron chi connectivity index (χ1n) is 6.10. The van der Waals surface area contributed by atoms with Crippen LogP contribution in [0.5, 0.6) is 0 Å². The summed E-state index contributed by atoms with van der Waals surface area (Å²) in [6.07, 6.45) is 2.31. The summed E-state index contributed by atoms with van der Waals surface area (Å²) in [5.74, 6) is 0.495. The summed E-state index contributed by atoms with van der Waals surface area (Å²) in [5, 5.41) is 19.4. The molecule has 3 nitrogen and oxygen atoms in total. The Kier molecular flexibility index (Phi) is 2.17. The lowest BCUT2D eigenvalue weighted by Crippen LogP contribution is -2.63. The van der Waals surface area contributed by atoms with E-state index in [-0.39, 0.29) is 0 Å². The SMILES string of the molecule is Cc1ccc(C#N)c(N2CC(O)(C3CC3)C2)c1. The maximum absolute atomic E-state index is 10.3. The summed E-state index contributed by atoms with van der Waals surface area (Å²) in [5.41, 5.74) is 2.34. The maximum atomic E-state index is 10.3. The number of aryl methyl sites for hydroxylation is 1. The second kappa shape index (κ2) is 3.48. The number of rotatable bonds is 2. The molecule has 1 saturated heterocycles. The van der Waals surface area contributed by atoms with Crippen molar-refractivity contribution in [3.05, 3.63) is 29.3 Å². The lowest BCUT2D eigenvalue weighted by molar-refractivity contribution is -0.00932. The zero-order valence-corrected chi connectivity index (χ0v) is 9.98. The third-order valence-corrected chi connectivity index (χ3v) is 3.88. The molecule has 1 aromatic rings. The minimum atomic E-state index is -0.490. The molecule has 1 saturated carbocycles. The predicted octanol–water partition coefficient (Wildman–Crippen LogP) is 1.83. The fraction of sp³-hybridized carbons (Fsp3) is 0.500. The van der Waals surface area contributed by atoms with Gasteiger partial charge in [-0.1, -0.05) is 6.07 Å². The first kappa shape index (κ1) is 10.6. The molecule has 88 valence electrons. The molecule has 1 heterocycles. The van der Waals surface area contributed by atoms with Crippen LogP contribution in [-0.4, -0.2) is 23.8 Å². The Labute approximate surface area is 101 Å². The van der Waals surface area contributed by atoms with Gasteiger partial charge < -0.3 is 10.0 Å². The van der Waals surface area contributed by atoms with Crippen LogP contribution in [0.1, 0.15) is 24.0 Å². The number of anilines is 1. The van der Waals surface area contributed by atoms with E-state index in [0.717, 1.165) is 24.1 Å². The summed E-state index contributed by atoms with van der Waals surface area (Å²) in [6.45, 7) is 3.38. The Morgan fingerprint density at radius 2 is 2.12 bits per heavy atom. The van der Waals surface area contributed by atoms with E-state index >= 15 is 0 Å². The third-order valence-electron chi connectivity index (χ3n) is 3.88. The molecule has 0 amide bonds. The molecule has 1 aliphatic heterocycles. The van der Waals surface area contributed by atoms with Crippen LogP contribution in [0.2, 0.25) is 0 Å². The molecular formula is C14H16N2O. The molecule has 1 aromatic carbocycles. The minimum absolute atomic E-state index is 0.490. The summed E-state index contributed by atoms with van der Waals surface area (Å²) >= 11 is 0. The van der Waals surface area contributed by atoms with Gasteiger partial charge >= 0.3 is 0 Å². The second-order valence-corrected chi connectivity index (χ2v) is 5.37. The Morgan fingerprint density at radius 1 is 1.41 bits per heavy atom. The third kappa shape index (κ3) is 1.69. The number of β-amino-alcohol motifs (C(OH)–C–C–N with tert-alkyl or cyclic N) is 1. The Balaban J connectivity index is 1.82. The summed E-state index contributed by atoms with van der Waals surface area (Å²) in [7, 11) is 0. The van der Waals surface area contributed by atoms with Gasteiger partial charge in [-0.2, -0.15) is 5.26 Å². The van der Waals surface area contributed by atoms with E-state index in [0.29, 0.717) is 24.6 Å². The highest BCUT2D eigenvalue weighted by atomic mass is 16.3. The van der Waals surface area contributed by atoms with Crippen molar-refractivity contribution in [3.8, 4) is 6.07 Å². The van der Waals surface area contributed by atoms with E-state index < -0.39 is 5.60 Å². The zero-order valence-electron chi connectivity index (χ0n) is 9.98. The highest BCUT2D eigenvalue weighted by Gasteiger charge is 2.52. The Morgan fingerprint density at radius 3 is 2.71 bits per heavy atom. The van der Waals surface area contributed by atoms with Crippen LogP contribution in [0, 0.1) is 24.2 Å². The van der Waals surface area contributed by atoms with Gasteiger partial charge in [-0.05, 0) is 43.4 Å². The van der Waals surface area contributed by atoms with Gasteiger partial charge in [-0.25, -0.2) is 0 Å². The Bertz CT molecular complexity index is 493. The number of hydrogen-bond acceptors (Lipinski definition) is 3. The van der Waals surface area contributed by atoms with Gasteiger partial charge in [0.25, 0.3) is 0 Å². The highest BCUT2D eigenvalue weighted by molar-refractivity contribution is 5.63. The van der Waals surface area contributed by atoms with Gasteiger partial charge in [0.1, 0.15) is 11.7 Å². The smallest absolute Gasteiger partial charge is 0.102 e. The molecule has 0 bridgehead atoms. The largest absolute Gasteiger partial charge is 0.386 e. The lowest BCUT2D eigenvalue weighted by atomic mass is 9.87. The summed E-state index contributed by atoms with van der Waals surface area (Å²) in [4.78, 5) is 2.11. The van der Waals surface area contributed by atoms with Crippen molar-refractivity contribution in [1.29, 1.82) is 5.26 Å². The van der Waals surface area contributed by atoms with Crippen LogP contribution < -0.4 is 4.90 Å². The molecule has 1 aliphatic carbocycles. The lowest BCUT2D eigenvalue weighted by Gasteiger charge is -2.48. The van der Waals surface area contributed by atoms with Crippen molar-refractivity contribution >= 4 is 5.69 Å². The molecule has 0 unspecified atom stereocenters. The molecule has 0 radical (unpaired) electrons. The number of aliphatic hydroxyl groups is 1. The molecule has 0 spiro atoms. The average Bonchev–Trinajstić information content (AvgIpc) is 3.08. The van der Waals surface area contributed by atoms with Gasteiger partial charge in [0, 0.05) is 13.1 Å². The quantitative estimate of drug-likeness (QED) is 0.840. The van der Waals surface area contributed by atoms with Gasteiger partial charge in [-0.15, -0.1) is 0 Å². The molecule has 0 aromatic heterocycles. The van der Waals surface area contributed by atoms with Crippen LogP contribution in [0.4, 0.5) is 5.69 Å². The second-order valence-electron chi connectivity index (χ2n) is 5.37. The van der Waals surface area contributed by atoms with Crippen LogP contribution in [-0.2, 0) is 0 Å². The van der Waals surface area contributed by atoms with Crippen molar-refractivity contribution < 1.29 is 5.11 Å². The van der Waals surface area contributed by atoms with Crippen molar-refractivity contribution in [2.24, 2.45) is 5.92 Å². The molecular weight excluding hydrogens is 212 g/mol. The highest BCUT2D eigenvalue weighted by Crippen LogP contribution is 2.46. The molecule has 0 atom stereocenters. The van der Waals surface area contributed by atoms with Gasteiger partial charge in [0.2, 0.25) is 0 Å². The molecule has 3 rings (SSSR count). The number of nitrogens with zero attached hydrogens (tertiary/aromatic N) is 2.